The molecule has 0 radical (unpaired) electrons. The van der Waals surface area contributed by atoms with E-state index >= 15 is 0 Å². The summed E-state index contributed by atoms with van der Waals surface area (Å²) >= 11 is 0. The number of nitrogens with one attached hydrogen (secondary N) is 2. The van der Waals surface area contributed by atoms with Gasteiger partial charge in [0.1, 0.15) is 0 Å². The Balaban J connectivity index is 1.69. The molecule has 1 aromatic carbocycles. The van der Waals surface area contributed by atoms with Gasteiger partial charge in [-0.3, -0.25) is 4.98 Å². The second kappa shape index (κ2) is 6.62. The number of rotatable bonds is 5. The normalized spacial score (nSPS) is 10.2. The Morgan fingerprint density at radius 2 is 1.91 bits per heavy atom. The van der Waals surface area contributed by atoms with E-state index in [4.69, 9.17) is 0 Å². The first kappa shape index (κ1) is 13.9. The second-order valence-corrected chi connectivity index (χ2v) is 4.78. The van der Waals surface area contributed by atoms with Crippen molar-refractivity contribution < 1.29 is 0 Å². The number of para-hydroxylation sites is 1. The molecule has 0 unspecified atom stereocenters. The molecule has 0 amide bonds. The number of pyridine rings is 1. The number of aromatic nitrogens is 4. The molecule has 2 heterocycles. The van der Waals surface area contributed by atoms with Crippen LogP contribution in [0.15, 0.2) is 54.9 Å². The molecule has 6 nitrogen and oxygen atoms in total. The lowest BCUT2D eigenvalue weighted by molar-refractivity contribution is 0.955. The highest BCUT2D eigenvalue weighted by Gasteiger charge is 2.03. The molecule has 0 bridgehead atoms. The van der Waals surface area contributed by atoms with Crippen molar-refractivity contribution >= 4 is 17.5 Å². The van der Waals surface area contributed by atoms with Gasteiger partial charge in [-0.15, -0.1) is 5.10 Å². The topological polar surface area (TPSA) is 75.6 Å². The average Bonchev–Trinajstić information content (AvgIpc) is 2.57. The fourth-order valence-electron chi connectivity index (χ4n) is 1.96. The first-order valence-electron chi connectivity index (χ1n) is 6.97. The lowest BCUT2D eigenvalue weighted by Gasteiger charge is -2.09. The van der Waals surface area contributed by atoms with E-state index < -0.39 is 0 Å². The van der Waals surface area contributed by atoms with Crippen LogP contribution >= 0.6 is 0 Å². The number of anilines is 3. The summed E-state index contributed by atoms with van der Waals surface area (Å²) in [7, 11) is 0. The van der Waals surface area contributed by atoms with Crippen molar-refractivity contribution in [2.75, 3.05) is 10.6 Å². The van der Waals surface area contributed by atoms with E-state index in [9.17, 15) is 0 Å². The Labute approximate surface area is 128 Å². The van der Waals surface area contributed by atoms with Gasteiger partial charge < -0.3 is 10.6 Å². The van der Waals surface area contributed by atoms with Crippen LogP contribution in [-0.4, -0.2) is 20.2 Å². The van der Waals surface area contributed by atoms with Gasteiger partial charge in [-0.1, -0.05) is 24.3 Å². The molecule has 0 aliphatic rings. The van der Waals surface area contributed by atoms with Crippen molar-refractivity contribution in [3.05, 3.63) is 66.1 Å². The zero-order valence-corrected chi connectivity index (χ0v) is 12.2. The summed E-state index contributed by atoms with van der Waals surface area (Å²) in [5, 5.41) is 14.3. The maximum absolute atomic E-state index is 4.40. The van der Waals surface area contributed by atoms with E-state index in [1.54, 1.807) is 12.4 Å². The van der Waals surface area contributed by atoms with Crippen LogP contribution in [0, 0.1) is 6.92 Å². The summed E-state index contributed by atoms with van der Waals surface area (Å²) in [6, 6.07) is 13.8. The molecule has 2 N–H and O–H groups in total. The highest BCUT2D eigenvalue weighted by Crippen LogP contribution is 2.17. The van der Waals surface area contributed by atoms with Gasteiger partial charge in [0.15, 0.2) is 5.82 Å². The van der Waals surface area contributed by atoms with Gasteiger partial charge in [0.05, 0.1) is 18.4 Å². The minimum atomic E-state index is 0.459. The number of hydrogen-bond acceptors (Lipinski definition) is 6. The van der Waals surface area contributed by atoms with E-state index in [1.807, 2.05) is 49.4 Å². The van der Waals surface area contributed by atoms with Crippen molar-refractivity contribution in [1.82, 2.24) is 20.2 Å². The van der Waals surface area contributed by atoms with Crippen LogP contribution in [-0.2, 0) is 6.54 Å². The van der Waals surface area contributed by atoms with Crippen molar-refractivity contribution in [3.8, 4) is 0 Å². The van der Waals surface area contributed by atoms with E-state index in [1.165, 1.54) is 0 Å². The number of nitrogens with zero attached hydrogens (tertiary/aromatic N) is 4. The van der Waals surface area contributed by atoms with Crippen molar-refractivity contribution in [1.29, 1.82) is 0 Å². The van der Waals surface area contributed by atoms with Crippen LogP contribution in [0.2, 0.25) is 0 Å². The first-order chi connectivity index (χ1) is 10.8. The minimum absolute atomic E-state index is 0.459. The smallest absolute Gasteiger partial charge is 0.249 e. The third kappa shape index (κ3) is 3.54. The van der Waals surface area contributed by atoms with E-state index in [0.29, 0.717) is 18.3 Å². The van der Waals surface area contributed by atoms with Gasteiger partial charge in [-0.25, -0.2) is 0 Å². The zero-order valence-electron chi connectivity index (χ0n) is 12.2. The summed E-state index contributed by atoms with van der Waals surface area (Å²) in [4.78, 5) is 8.65. The zero-order chi connectivity index (χ0) is 15.2. The average molecular weight is 292 g/mol. The lowest BCUT2D eigenvalue weighted by atomic mass is 10.2. The molecular weight excluding hydrogens is 276 g/mol. The molecule has 0 spiro atoms. The molecule has 110 valence electrons. The van der Waals surface area contributed by atoms with Crippen LogP contribution in [0.4, 0.5) is 17.5 Å². The van der Waals surface area contributed by atoms with Crippen molar-refractivity contribution in [2.45, 2.75) is 13.5 Å². The van der Waals surface area contributed by atoms with Crippen molar-refractivity contribution in [3.63, 3.8) is 0 Å². The van der Waals surface area contributed by atoms with Gasteiger partial charge in [0.2, 0.25) is 5.95 Å². The molecular formula is C16H16N6. The van der Waals surface area contributed by atoms with Crippen LogP contribution in [0.1, 0.15) is 11.3 Å². The van der Waals surface area contributed by atoms with Gasteiger partial charge in [-0.05, 0) is 30.7 Å². The molecule has 3 aromatic rings. The van der Waals surface area contributed by atoms with Crippen LogP contribution in [0.25, 0.3) is 0 Å². The maximum Gasteiger partial charge on any atom is 0.249 e. The van der Waals surface area contributed by atoms with E-state index in [2.05, 4.69) is 30.8 Å². The quantitative estimate of drug-likeness (QED) is 0.753. The highest BCUT2D eigenvalue weighted by molar-refractivity contribution is 5.58. The van der Waals surface area contributed by atoms with E-state index in [0.717, 1.165) is 16.9 Å². The van der Waals surface area contributed by atoms with Gasteiger partial charge in [0, 0.05) is 11.9 Å². The largest absolute Gasteiger partial charge is 0.363 e. The van der Waals surface area contributed by atoms with Gasteiger partial charge in [0.25, 0.3) is 0 Å². The number of aryl methyl sites for hydroxylation is 1. The summed E-state index contributed by atoms with van der Waals surface area (Å²) in [6.07, 6.45) is 3.35. The monoisotopic (exact) mass is 292 g/mol. The molecule has 0 atom stereocenters. The number of benzene rings is 1. The summed E-state index contributed by atoms with van der Waals surface area (Å²) in [6.45, 7) is 2.61. The number of hydrogen-bond donors (Lipinski definition) is 2. The molecule has 22 heavy (non-hydrogen) atoms. The highest BCUT2D eigenvalue weighted by atomic mass is 15.3. The molecule has 6 heteroatoms. The Morgan fingerprint density at radius 3 is 2.73 bits per heavy atom. The lowest BCUT2D eigenvalue weighted by Crippen LogP contribution is -2.06. The minimum Gasteiger partial charge on any atom is -0.363 e. The molecule has 2 aromatic heterocycles. The Bertz CT molecular complexity index is 744. The van der Waals surface area contributed by atoms with Crippen LogP contribution in [0.3, 0.4) is 0 Å². The SMILES string of the molecule is Cc1ccccc1Nc1nncc(NCc2ccccn2)n1. The molecule has 0 saturated carbocycles. The molecule has 0 saturated heterocycles. The van der Waals surface area contributed by atoms with Crippen LogP contribution < -0.4 is 10.6 Å². The predicted octanol–water partition coefficient (Wildman–Crippen LogP) is 2.93. The Hall–Kier alpha value is -3.02. The van der Waals surface area contributed by atoms with Crippen LogP contribution in [0.5, 0.6) is 0 Å². The molecule has 0 aliphatic heterocycles. The molecule has 0 aliphatic carbocycles. The summed E-state index contributed by atoms with van der Waals surface area (Å²) in [5.41, 5.74) is 3.03. The standard InChI is InChI=1S/C16H16N6/c1-12-6-2-3-8-14(12)20-16-21-15(11-19-22-16)18-10-13-7-4-5-9-17-13/h2-9,11H,10H2,1H3,(H2,18,20,21,22). The third-order valence-electron chi connectivity index (χ3n) is 3.13. The van der Waals surface area contributed by atoms with E-state index in [-0.39, 0.29) is 0 Å². The van der Waals surface area contributed by atoms with Crippen molar-refractivity contribution in [2.24, 2.45) is 0 Å². The molecule has 3 rings (SSSR count). The fourth-order valence-corrected chi connectivity index (χ4v) is 1.96. The van der Waals surface area contributed by atoms with Gasteiger partial charge >= 0.3 is 0 Å². The Kier molecular flexibility index (Phi) is 4.20. The molecule has 0 fully saturated rings. The van der Waals surface area contributed by atoms with Gasteiger partial charge in [-0.2, -0.15) is 10.1 Å². The third-order valence-corrected chi connectivity index (χ3v) is 3.13. The predicted molar refractivity (Wildman–Crippen MR) is 85.9 cm³/mol. The fraction of sp³-hybridized carbons (Fsp3) is 0.125. The summed E-state index contributed by atoms with van der Waals surface area (Å²) in [5.74, 6) is 1.11. The first-order valence-corrected chi connectivity index (χ1v) is 6.97. The summed E-state index contributed by atoms with van der Waals surface area (Å²) < 4.78 is 0. The second-order valence-electron chi connectivity index (χ2n) is 4.78. The maximum atomic E-state index is 4.40. The Morgan fingerprint density at radius 1 is 1.05 bits per heavy atom.